The summed E-state index contributed by atoms with van der Waals surface area (Å²) in [4.78, 5) is 34.5. The summed E-state index contributed by atoms with van der Waals surface area (Å²) in [5.41, 5.74) is 0.871. The molecular formula is C19H24O5. The molecule has 0 unspecified atom stereocenters. The molecule has 1 aromatic carbocycles. The maximum atomic E-state index is 11.7. The zero-order valence-electron chi connectivity index (χ0n) is 14.6. The van der Waals surface area contributed by atoms with Crippen LogP contribution in [0.5, 0.6) is 0 Å². The lowest BCUT2D eigenvalue weighted by atomic mass is 9.91. The van der Waals surface area contributed by atoms with Gasteiger partial charge in [0.05, 0.1) is 5.41 Å². The van der Waals surface area contributed by atoms with Gasteiger partial charge in [-0.3, -0.25) is 9.59 Å². The summed E-state index contributed by atoms with van der Waals surface area (Å²) >= 11 is 0. The quantitative estimate of drug-likeness (QED) is 0.316. The van der Waals surface area contributed by atoms with Gasteiger partial charge in [-0.2, -0.15) is 0 Å². The van der Waals surface area contributed by atoms with Gasteiger partial charge in [0.25, 0.3) is 0 Å². The van der Waals surface area contributed by atoms with Crippen LogP contribution in [-0.4, -0.2) is 30.9 Å². The van der Waals surface area contributed by atoms with E-state index in [2.05, 4.69) is 0 Å². The maximum Gasteiger partial charge on any atom is 0.330 e. The monoisotopic (exact) mass is 332 g/mol. The van der Waals surface area contributed by atoms with Crippen molar-refractivity contribution in [3.8, 4) is 0 Å². The molecule has 24 heavy (non-hydrogen) atoms. The Morgan fingerprint density at radius 3 is 2.17 bits per heavy atom. The fraction of sp³-hybridized carbons (Fsp3) is 0.421. The van der Waals surface area contributed by atoms with Crippen molar-refractivity contribution in [1.82, 2.24) is 0 Å². The Morgan fingerprint density at radius 2 is 1.62 bits per heavy atom. The van der Waals surface area contributed by atoms with Crippen LogP contribution in [0.25, 0.3) is 6.08 Å². The van der Waals surface area contributed by atoms with E-state index in [4.69, 9.17) is 9.47 Å². The van der Waals surface area contributed by atoms with Gasteiger partial charge in [-0.15, -0.1) is 0 Å². The lowest BCUT2D eigenvalue weighted by Gasteiger charge is -2.20. The number of esters is 2. The molecule has 1 rings (SSSR count). The number of Topliss-reactive ketones (excluding diaryl/α,β-unsaturated/α-hetero) is 1. The van der Waals surface area contributed by atoms with Crippen LogP contribution in [0.1, 0.15) is 50.0 Å². The van der Waals surface area contributed by atoms with E-state index < -0.39 is 11.4 Å². The van der Waals surface area contributed by atoms with Gasteiger partial charge < -0.3 is 9.47 Å². The summed E-state index contributed by atoms with van der Waals surface area (Å²) in [5.74, 6) is -0.829. The highest BCUT2D eigenvalue weighted by Crippen LogP contribution is 2.21. The van der Waals surface area contributed by atoms with Gasteiger partial charge in [0.15, 0.2) is 5.78 Å². The largest absolute Gasteiger partial charge is 0.462 e. The standard InChI is InChI=1S/C19H24O5/c1-5-19(3,4)18(22)24-13-12-23-17(21)11-8-15-6-9-16(10-7-15)14(2)20/h6-11H,5,12-13H2,1-4H3/b11-8+. The van der Waals surface area contributed by atoms with Gasteiger partial charge in [-0.1, -0.05) is 31.2 Å². The molecule has 0 spiro atoms. The topological polar surface area (TPSA) is 69.7 Å². The molecule has 0 atom stereocenters. The molecule has 0 saturated heterocycles. The molecule has 0 saturated carbocycles. The summed E-state index contributed by atoms with van der Waals surface area (Å²) < 4.78 is 10.0. The summed E-state index contributed by atoms with van der Waals surface area (Å²) in [6.45, 7) is 7.07. The molecule has 5 heteroatoms. The minimum absolute atomic E-state index is 0.00858. The Balaban J connectivity index is 2.36. The Labute approximate surface area is 142 Å². The van der Waals surface area contributed by atoms with Crippen LogP contribution in [0.3, 0.4) is 0 Å². The molecule has 1 aromatic rings. The van der Waals surface area contributed by atoms with E-state index in [1.165, 1.54) is 13.0 Å². The second kappa shape index (κ2) is 9.01. The minimum atomic E-state index is -0.532. The number of hydrogen-bond acceptors (Lipinski definition) is 5. The maximum absolute atomic E-state index is 11.7. The Kier molecular flexibility index (Phi) is 7.36. The van der Waals surface area contributed by atoms with E-state index in [0.29, 0.717) is 12.0 Å². The first kappa shape index (κ1) is 19.6. The van der Waals surface area contributed by atoms with Crippen LogP contribution >= 0.6 is 0 Å². The Bertz CT molecular complexity index is 611. The normalized spacial score (nSPS) is 11.3. The number of hydrogen-bond donors (Lipinski definition) is 0. The molecule has 0 amide bonds. The first-order valence-electron chi connectivity index (χ1n) is 7.89. The molecular weight excluding hydrogens is 308 g/mol. The Hall–Kier alpha value is -2.43. The van der Waals surface area contributed by atoms with E-state index in [1.807, 2.05) is 20.8 Å². The number of benzene rings is 1. The van der Waals surface area contributed by atoms with Gasteiger partial charge in [-0.05, 0) is 38.8 Å². The zero-order valence-corrected chi connectivity index (χ0v) is 14.6. The molecule has 0 aliphatic rings. The molecule has 0 fully saturated rings. The zero-order chi connectivity index (χ0) is 18.2. The molecule has 0 bridgehead atoms. The van der Waals surface area contributed by atoms with Gasteiger partial charge in [-0.25, -0.2) is 4.79 Å². The third kappa shape index (κ3) is 6.36. The van der Waals surface area contributed by atoms with Crippen LogP contribution in [0.15, 0.2) is 30.3 Å². The molecule has 130 valence electrons. The summed E-state index contributed by atoms with van der Waals surface area (Å²) in [7, 11) is 0. The Morgan fingerprint density at radius 1 is 1.04 bits per heavy atom. The lowest BCUT2D eigenvalue weighted by molar-refractivity contribution is -0.157. The highest BCUT2D eigenvalue weighted by atomic mass is 16.6. The minimum Gasteiger partial charge on any atom is -0.462 e. The van der Waals surface area contributed by atoms with Gasteiger partial charge in [0.2, 0.25) is 0 Å². The van der Waals surface area contributed by atoms with Gasteiger partial charge in [0, 0.05) is 11.6 Å². The summed E-state index contributed by atoms with van der Waals surface area (Å²) in [6.07, 6.45) is 3.57. The van der Waals surface area contributed by atoms with Crippen molar-refractivity contribution < 1.29 is 23.9 Å². The summed E-state index contributed by atoms with van der Waals surface area (Å²) in [6, 6.07) is 6.88. The smallest absolute Gasteiger partial charge is 0.330 e. The van der Waals surface area contributed by atoms with Crippen molar-refractivity contribution in [2.24, 2.45) is 5.41 Å². The van der Waals surface area contributed by atoms with Crippen molar-refractivity contribution in [3.63, 3.8) is 0 Å². The molecule has 0 aliphatic carbocycles. The van der Waals surface area contributed by atoms with Crippen LogP contribution in [0.2, 0.25) is 0 Å². The molecule has 0 radical (unpaired) electrons. The predicted octanol–water partition coefficient (Wildman–Crippen LogP) is 3.43. The summed E-state index contributed by atoms with van der Waals surface area (Å²) in [5, 5.41) is 0. The van der Waals surface area contributed by atoms with E-state index in [-0.39, 0.29) is 25.0 Å². The number of ether oxygens (including phenoxy) is 2. The molecule has 0 N–H and O–H groups in total. The molecule has 5 nitrogen and oxygen atoms in total. The van der Waals surface area contributed by atoms with Crippen molar-refractivity contribution in [3.05, 3.63) is 41.5 Å². The average Bonchev–Trinajstić information content (AvgIpc) is 2.56. The van der Waals surface area contributed by atoms with Crippen LogP contribution in [0.4, 0.5) is 0 Å². The van der Waals surface area contributed by atoms with E-state index in [9.17, 15) is 14.4 Å². The SMILES string of the molecule is CCC(C)(C)C(=O)OCCOC(=O)/C=C/c1ccc(C(C)=O)cc1. The fourth-order valence-electron chi connectivity index (χ4n) is 1.66. The first-order valence-corrected chi connectivity index (χ1v) is 7.89. The number of ketones is 1. The van der Waals surface area contributed by atoms with Crippen molar-refractivity contribution >= 4 is 23.8 Å². The molecule has 0 aliphatic heterocycles. The highest BCUT2D eigenvalue weighted by Gasteiger charge is 2.26. The number of carbonyl (C=O) groups excluding carboxylic acids is 3. The van der Waals surface area contributed by atoms with Crippen molar-refractivity contribution in [1.29, 1.82) is 0 Å². The number of carbonyl (C=O) groups is 3. The van der Waals surface area contributed by atoms with Crippen molar-refractivity contribution in [2.75, 3.05) is 13.2 Å². The third-order valence-electron chi connectivity index (χ3n) is 3.73. The molecule has 0 aromatic heterocycles. The predicted molar refractivity (Wildman–Crippen MR) is 91.5 cm³/mol. The van der Waals surface area contributed by atoms with E-state index in [0.717, 1.165) is 5.56 Å². The lowest BCUT2D eigenvalue weighted by Crippen LogP contribution is -2.27. The van der Waals surface area contributed by atoms with Crippen LogP contribution in [0, 0.1) is 5.41 Å². The second-order valence-corrected chi connectivity index (χ2v) is 6.05. The van der Waals surface area contributed by atoms with E-state index in [1.54, 1.807) is 30.3 Å². The molecule has 0 heterocycles. The fourth-order valence-corrected chi connectivity index (χ4v) is 1.66. The van der Waals surface area contributed by atoms with Crippen LogP contribution < -0.4 is 0 Å². The highest BCUT2D eigenvalue weighted by molar-refractivity contribution is 5.94. The average molecular weight is 332 g/mol. The van der Waals surface area contributed by atoms with Gasteiger partial charge in [0.1, 0.15) is 13.2 Å². The number of rotatable bonds is 8. The second-order valence-electron chi connectivity index (χ2n) is 6.05. The third-order valence-corrected chi connectivity index (χ3v) is 3.73. The first-order chi connectivity index (χ1) is 11.3. The van der Waals surface area contributed by atoms with Crippen LogP contribution in [-0.2, 0) is 19.1 Å². The van der Waals surface area contributed by atoms with E-state index >= 15 is 0 Å². The van der Waals surface area contributed by atoms with Crippen molar-refractivity contribution in [2.45, 2.75) is 34.1 Å². The van der Waals surface area contributed by atoms with Gasteiger partial charge >= 0.3 is 11.9 Å².